The molecule has 0 radical (unpaired) electrons. The largest absolute Gasteiger partial charge is 0.389 e. The van der Waals surface area contributed by atoms with Crippen molar-refractivity contribution in [1.82, 2.24) is 19.5 Å². The summed E-state index contributed by atoms with van der Waals surface area (Å²) in [5.41, 5.74) is 0.300. The Morgan fingerprint density at radius 1 is 1.31 bits per heavy atom. The van der Waals surface area contributed by atoms with Gasteiger partial charge in [-0.25, -0.2) is 15.0 Å². The molecule has 0 aromatic carbocycles. The van der Waals surface area contributed by atoms with Gasteiger partial charge in [0.2, 0.25) is 5.82 Å². The van der Waals surface area contributed by atoms with Crippen LogP contribution in [-0.4, -0.2) is 54.8 Å². The van der Waals surface area contributed by atoms with Crippen LogP contribution >= 0.6 is 0 Å². The molecule has 5 atom stereocenters. The SMILES string of the molecule is CNc1nc(C#CC2CCCC2)nc2c1ncn2[C@@H]1C2C[C@@]2(C(C)=O)C(O)[C@H]1O. The highest BCUT2D eigenvalue weighted by Crippen LogP contribution is 2.68. The summed E-state index contributed by atoms with van der Waals surface area (Å²) < 4.78 is 1.79. The molecule has 3 aliphatic carbocycles. The molecule has 152 valence electrons. The Kier molecular flexibility index (Phi) is 4.16. The minimum Gasteiger partial charge on any atom is -0.389 e. The summed E-state index contributed by atoms with van der Waals surface area (Å²) in [5, 5.41) is 24.3. The van der Waals surface area contributed by atoms with Crippen LogP contribution in [0.3, 0.4) is 0 Å². The van der Waals surface area contributed by atoms with Crippen molar-refractivity contribution in [2.45, 2.75) is 57.3 Å². The molecule has 2 aromatic heterocycles. The van der Waals surface area contributed by atoms with E-state index in [1.54, 1.807) is 17.9 Å². The first kappa shape index (κ1) is 18.5. The fraction of sp³-hybridized carbons (Fsp3) is 0.619. The van der Waals surface area contributed by atoms with Crippen molar-refractivity contribution < 1.29 is 15.0 Å². The fourth-order valence-electron chi connectivity index (χ4n) is 5.37. The third kappa shape index (κ3) is 2.61. The van der Waals surface area contributed by atoms with E-state index in [1.807, 2.05) is 0 Å². The topological polar surface area (TPSA) is 113 Å². The third-order valence-electron chi connectivity index (χ3n) is 7.05. The van der Waals surface area contributed by atoms with Crippen LogP contribution in [0.5, 0.6) is 0 Å². The number of carbonyl (C=O) groups is 1. The predicted octanol–water partition coefficient (Wildman–Crippen LogP) is 1.28. The molecule has 2 heterocycles. The average Bonchev–Trinajstić information content (AvgIpc) is 3.00. The summed E-state index contributed by atoms with van der Waals surface area (Å²) in [6.45, 7) is 1.49. The van der Waals surface area contributed by atoms with E-state index >= 15 is 0 Å². The molecule has 0 bridgehead atoms. The second kappa shape index (κ2) is 6.51. The molecule has 8 heteroatoms. The maximum absolute atomic E-state index is 12.2. The van der Waals surface area contributed by atoms with E-state index in [0.717, 1.165) is 12.8 Å². The number of fused-ring (bicyclic) bond motifs is 2. The van der Waals surface area contributed by atoms with Gasteiger partial charge >= 0.3 is 0 Å². The first-order valence-electron chi connectivity index (χ1n) is 10.3. The van der Waals surface area contributed by atoms with Crippen LogP contribution in [0.2, 0.25) is 0 Å². The van der Waals surface area contributed by atoms with E-state index in [0.29, 0.717) is 35.1 Å². The van der Waals surface area contributed by atoms with Gasteiger partial charge in [0.25, 0.3) is 0 Å². The highest BCUT2D eigenvalue weighted by molar-refractivity contribution is 5.88. The molecule has 3 N–H and O–H groups in total. The van der Waals surface area contributed by atoms with Crippen molar-refractivity contribution in [3.05, 3.63) is 12.2 Å². The number of aliphatic hydroxyl groups is 2. The number of nitrogens with zero attached hydrogens (tertiary/aromatic N) is 4. The molecular weight excluding hydrogens is 370 g/mol. The van der Waals surface area contributed by atoms with Crippen LogP contribution in [-0.2, 0) is 4.79 Å². The molecule has 3 saturated carbocycles. The number of Topliss-reactive ketones (excluding diaryl/α,β-unsaturated/α-hetero) is 1. The lowest BCUT2D eigenvalue weighted by Gasteiger charge is -2.23. The molecule has 0 spiro atoms. The Morgan fingerprint density at radius 2 is 2.07 bits per heavy atom. The van der Waals surface area contributed by atoms with Crippen LogP contribution in [0.4, 0.5) is 5.82 Å². The monoisotopic (exact) mass is 395 g/mol. The molecule has 2 aromatic rings. The molecule has 0 saturated heterocycles. The van der Waals surface area contributed by atoms with Crippen molar-refractivity contribution in [3.63, 3.8) is 0 Å². The second-order valence-corrected chi connectivity index (χ2v) is 8.55. The molecule has 5 rings (SSSR count). The normalized spacial score (nSPS) is 33.4. The first-order valence-corrected chi connectivity index (χ1v) is 10.3. The van der Waals surface area contributed by atoms with Crippen LogP contribution in [0, 0.1) is 29.1 Å². The summed E-state index contributed by atoms with van der Waals surface area (Å²) >= 11 is 0. The first-order chi connectivity index (χ1) is 14.0. The molecule has 3 aliphatic rings. The van der Waals surface area contributed by atoms with Crippen molar-refractivity contribution in [2.75, 3.05) is 12.4 Å². The van der Waals surface area contributed by atoms with E-state index < -0.39 is 23.7 Å². The van der Waals surface area contributed by atoms with Gasteiger partial charge < -0.3 is 20.1 Å². The minimum atomic E-state index is -1.07. The molecule has 29 heavy (non-hydrogen) atoms. The lowest BCUT2D eigenvalue weighted by atomic mass is 9.95. The zero-order valence-electron chi connectivity index (χ0n) is 16.6. The third-order valence-corrected chi connectivity index (χ3v) is 7.05. The van der Waals surface area contributed by atoms with Crippen LogP contribution in [0.15, 0.2) is 6.33 Å². The predicted molar refractivity (Wildman–Crippen MR) is 106 cm³/mol. The lowest BCUT2D eigenvalue weighted by molar-refractivity contribution is -0.128. The molecule has 0 aliphatic heterocycles. The highest BCUT2D eigenvalue weighted by atomic mass is 16.3. The number of hydrogen-bond acceptors (Lipinski definition) is 7. The fourth-order valence-corrected chi connectivity index (χ4v) is 5.37. The quantitative estimate of drug-likeness (QED) is 0.671. The maximum Gasteiger partial charge on any atom is 0.208 e. The van der Waals surface area contributed by atoms with Crippen molar-refractivity contribution >= 4 is 22.8 Å². The highest BCUT2D eigenvalue weighted by Gasteiger charge is 2.74. The molecule has 3 fully saturated rings. The number of imidazole rings is 1. The van der Waals surface area contributed by atoms with Gasteiger partial charge in [-0.15, -0.1) is 0 Å². The van der Waals surface area contributed by atoms with Crippen molar-refractivity contribution in [1.29, 1.82) is 0 Å². The van der Waals surface area contributed by atoms with Crippen molar-refractivity contribution in [2.24, 2.45) is 17.3 Å². The Balaban J connectivity index is 1.57. The summed E-state index contributed by atoms with van der Waals surface area (Å²) in [6.07, 6.45) is 4.74. The summed E-state index contributed by atoms with van der Waals surface area (Å²) in [7, 11) is 1.77. The van der Waals surface area contributed by atoms with Crippen molar-refractivity contribution in [3.8, 4) is 11.8 Å². The number of aromatic nitrogens is 4. The molecule has 8 nitrogen and oxygen atoms in total. The lowest BCUT2D eigenvalue weighted by Crippen LogP contribution is -2.36. The maximum atomic E-state index is 12.2. The summed E-state index contributed by atoms with van der Waals surface area (Å²) in [4.78, 5) is 25.7. The van der Waals surface area contributed by atoms with E-state index in [2.05, 4.69) is 32.1 Å². The van der Waals surface area contributed by atoms with E-state index in [9.17, 15) is 15.0 Å². The van der Waals surface area contributed by atoms with Crippen LogP contribution < -0.4 is 5.32 Å². The number of hydrogen-bond donors (Lipinski definition) is 3. The number of carbonyl (C=O) groups excluding carboxylic acids is 1. The Morgan fingerprint density at radius 3 is 2.72 bits per heavy atom. The average molecular weight is 395 g/mol. The zero-order valence-corrected chi connectivity index (χ0v) is 16.6. The van der Waals surface area contributed by atoms with Crippen LogP contribution in [0.1, 0.15) is 50.9 Å². The number of anilines is 1. The van der Waals surface area contributed by atoms with E-state index in [1.165, 1.54) is 19.8 Å². The second-order valence-electron chi connectivity index (χ2n) is 8.55. The van der Waals surface area contributed by atoms with E-state index in [4.69, 9.17) is 0 Å². The number of rotatable bonds is 3. The number of nitrogens with one attached hydrogen (secondary N) is 1. The summed E-state index contributed by atoms with van der Waals surface area (Å²) in [6, 6.07) is -0.450. The van der Waals surface area contributed by atoms with Crippen LogP contribution in [0.25, 0.3) is 11.2 Å². The van der Waals surface area contributed by atoms with E-state index in [-0.39, 0.29) is 11.7 Å². The summed E-state index contributed by atoms with van der Waals surface area (Å²) in [5.74, 6) is 7.58. The number of aliphatic hydroxyl groups excluding tert-OH is 2. The Bertz CT molecular complexity index is 1050. The molecule has 2 unspecified atom stereocenters. The van der Waals surface area contributed by atoms with Gasteiger partial charge in [-0.1, -0.05) is 18.8 Å². The zero-order chi connectivity index (χ0) is 20.3. The van der Waals surface area contributed by atoms with Gasteiger partial charge in [0, 0.05) is 13.0 Å². The smallest absolute Gasteiger partial charge is 0.208 e. The Hall–Kier alpha value is -2.50. The van der Waals surface area contributed by atoms with Gasteiger partial charge in [-0.3, -0.25) is 4.79 Å². The number of ketones is 1. The standard InChI is InChI=1S/C21H25N5O3/c1-11(27)21-9-13(21)16(17(28)18(21)29)26-10-23-15-19(22-2)24-14(25-20(15)26)8-7-12-5-3-4-6-12/h10,12-13,16-18,28-29H,3-6,9H2,1-2H3,(H,22,24,25)/t13?,16-,17+,18?,21+/m1/s1. The molecule has 0 amide bonds. The van der Waals surface area contributed by atoms with Gasteiger partial charge in [-0.05, 0) is 38.0 Å². The van der Waals surface area contributed by atoms with Gasteiger partial charge in [-0.2, -0.15) is 0 Å². The van der Waals surface area contributed by atoms with Gasteiger partial charge in [0.1, 0.15) is 11.9 Å². The Labute approximate surface area is 168 Å². The van der Waals surface area contributed by atoms with Gasteiger partial charge in [0.15, 0.2) is 17.0 Å². The molecular formula is C21H25N5O3. The minimum absolute atomic E-state index is 0.0744. The van der Waals surface area contributed by atoms with Gasteiger partial charge in [0.05, 0.1) is 23.9 Å².